The first-order valence-corrected chi connectivity index (χ1v) is 22.1. The maximum Gasteiger partial charge on any atom is 0.407 e. The molecule has 0 bridgehead atoms. The Morgan fingerprint density at radius 1 is 0.431 bits per heavy atom. The second kappa shape index (κ2) is 36.2. The zero-order valence-corrected chi connectivity index (χ0v) is 35.6. The molecule has 12 nitrogen and oxygen atoms in total. The van der Waals surface area contributed by atoms with E-state index in [-0.39, 0.29) is 5.92 Å². The van der Waals surface area contributed by atoms with Gasteiger partial charge < -0.3 is 52.7 Å². The van der Waals surface area contributed by atoms with Gasteiger partial charge in [0.25, 0.3) is 0 Å². The van der Waals surface area contributed by atoms with Crippen LogP contribution < -0.4 is 5.32 Å². The number of fused-ring (bicyclic) bond motifs is 3. The van der Waals surface area contributed by atoms with Crippen molar-refractivity contribution in [3.05, 3.63) is 59.7 Å². The molecule has 0 heterocycles. The van der Waals surface area contributed by atoms with E-state index in [0.29, 0.717) is 132 Å². The van der Waals surface area contributed by atoms with E-state index >= 15 is 0 Å². The van der Waals surface area contributed by atoms with Gasteiger partial charge in [0.15, 0.2) is 0 Å². The summed E-state index contributed by atoms with van der Waals surface area (Å²) in [5, 5.41) is 2.81. The zero-order valence-electron chi connectivity index (χ0n) is 35.6. The van der Waals surface area contributed by atoms with E-state index in [1.165, 1.54) is 80.0 Å². The van der Waals surface area contributed by atoms with Gasteiger partial charge in [-0.1, -0.05) is 113 Å². The maximum atomic E-state index is 12.3. The highest BCUT2D eigenvalue weighted by Gasteiger charge is 2.28. The van der Waals surface area contributed by atoms with Gasteiger partial charge in [0, 0.05) is 25.7 Å². The molecule has 330 valence electrons. The molecular weight excluding hydrogens is 743 g/mol. The highest BCUT2D eigenvalue weighted by Crippen LogP contribution is 2.44. The van der Waals surface area contributed by atoms with E-state index in [1.54, 1.807) is 0 Å². The largest absolute Gasteiger partial charge is 0.449 e. The number of carbonyl (C=O) groups excluding carboxylic acids is 1. The molecule has 0 unspecified atom stereocenters. The first-order valence-electron chi connectivity index (χ1n) is 22.1. The third-order valence-electron chi connectivity index (χ3n) is 9.70. The summed E-state index contributed by atoms with van der Waals surface area (Å²) in [5.74, 6) is 0.0526. The van der Waals surface area contributed by atoms with Crippen molar-refractivity contribution >= 4 is 6.09 Å². The molecule has 58 heavy (non-hydrogen) atoms. The van der Waals surface area contributed by atoms with E-state index < -0.39 is 6.09 Å². The fraction of sp³-hybridized carbons (Fsp3) is 0.717. The summed E-state index contributed by atoms with van der Waals surface area (Å²) in [6, 6.07) is 16.6. The molecule has 12 heteroatoms. The summed E-state index contributed by atoms with van der Waals surface area (Å²) in [5.41, 5.74) is 4.82. The molecule has 1 amide bonds. The molecule has 0 radical (unpaired) electrons. The normalized spacial score (nSPS) is 12.2. The average molecular weight is 818 g/mol. The predicted octanol–water partition coefficient (Wildman–Crippen LogP) is 7.99. The minimum atomic E-state index is -0.411. The van der Waals surface area contributed by atoms with Gasteiger partial charge in [-0.25, -0.2) is 4.79 Å². The Morgan fingerprint density at radius 2 is 0.759 bits per heavy atom. The number of alkyl carbamates (subject to hydrolysis) is 1. The quantitative estimate of drug-likeness (QED) is 0.0658. The third kappa shape index (κ3) is 24.4. The monoisotopic (exact) mass is 818 g/mol. The summed E-state index contributed by atoms with van der Waals surface area (Å²) >= 11 is 0. The molecule has 1 N–H and O–H groups in total. The molecule has 0 saturated heterocycles. The molecule has 0 atom stereocenters. The number of nitrogens with one attached hydrogen (secondary N) is 1. The van der Waals surface area contributed by atoms with Gasteiger partial charge in [-0.2, -0.15) is 0 Å². The van der Waals surface area contributed by atoms with Crippen LogP contribution in [0.2, 0.25) is 0 Å². The first kappa shape index (κ1) is 49.7. The molecule has 0 aromatic heterocycles. The number of carbonyl (C=O) groups is 1. The Balaban J connectivity index is 0.927. The van der Waals surface area contributed by atoms with Crippen LogP contribution >= 0.6 is 0 Å². The smallest absolute Gasteiger partial charge is 0.407 e. The number of rotatable bonds is 41. The van der Waals surface area contributed by atoms with E-state index in [0.717, 1.165) is 13.0 Å². The maximum absolute atomic E-state index is 12.3. The van der Waals surface area contributed by atoms with Gasteiger partial charge in [0.05, 0.1) is 106 Å². The third-order valence-corrected chi connectivity index (χ3v) is 9.70. The summed E-state index contributed by atoms with van der Waals surface area (Å²) in [7, 11) is 0. The van der Waals surface area contributed by atoms with Crippen molar-refractivity contribution in [1.82, 2.24) is 5.32 Å². The number of amides is 1. The second-order valence-corrected chi connectivity index (χ2v) is 14.3. The number of unbranched alkanes of at least 4 members (excludes halogenated alkanes) is 9. The molecule has 1 aliphatic carbocycles. The SMILES string of the molecule is CCCCCCCCCCCCOCCOCCOCCOCCOCCOCCOCCOCCOCCCNC(=O)OCC1c2ccccc2-c2ccccc21. The van der Waals surface area contributed by atoms with Gasteiger partial charge in [-0.15, -0.1) is 0 Å². The summed E-state index contributed by atoms with van der Waals surface area (Å²) in [6.07, 6.45) is 13.7. The Morgan fingerprint density at radius 3 is 1.16 bits per heavy atom. The minimum absolute atomic E-state index is 0.0526. The number of ether oxygens (including phenoxy) is 10. The summed E-state index contributed by atoms with van der Waals surface area (Å²) in [4.78, 5) is 12.3. The van der Waals surface area contributed by atoms with Crippen LogP contribution in [0.25, 0.3) is 11.1 Å². The van der Waals surface area contributed by atoms with Crippen molar-refractivity contribution in [2.24, 2.45) is 0 Å². The summed E-state index contributed by atoms with van der Waals surface area (Å²) in [6.45, 7) is 12.8. The predicted molar refractivity (Wildman–Crippen MR) is 227 cm³/mol. The van der Waals surface area contributed by atoms with E-state index in [4.69, 9.17) is 47.4 Å². The topological polar surface area (TPSA) is 121 Å². The van der Waals surface area contributed by atoms with Crippen molar-refractivity contribution in [2.75, 3.05) is 132 Å². The Bertz CT molecular complexity index is 1210. The van der Waals surface area contributed by atoms with Crippen LogP contribution in [0.5, 0.6) is 0 Å². The Hall–Kier alpha value is -2.65. The van der Waals surface area contributed by atoms with Crippen molar-refractivity contribution in [2.45, 2.75) is 83.5 Å². The van der Waals surface area contributed by atoms with Crippen molar-refractivity contribution in [1.29, 1.82) is 0 Å². The molecule has 0 aliphatic heterocycles. The molecule has 1 aliphatic rings. The van der Waals surface area contributed by atoms with E-state index in [2.05, 4.69) is 36.5 Å². The average Bonchev–Trinajstić information content (AvgIpc) is 3.57. The second-order valence-electron chi connectivity index (χ2n) is 14.3. The molecule has 2 aromatic rings. The molecule has 0 fully saturated rings. The first-order chi connectivity index (χ1) is 28.8. The highest BCUT2D eigenvalue weighted by molar-refractivity contribution is 5.79. The van der Waals surface area contributed by atoms with Gasteiger partial charge in [-0.3, -0.25) is 0 Å². The minimum Gasteiger partial charge on any atom is -0.449 e. The van der Waals surface area contributed by atoms with Crippen molar-refractivity contribution in [3.63, 3.8) is 0 Å². The standard InChI is InChI=1S/C46H75NO11/c1-2-3-4-5-6-7-8-9-10-15-22-49-24-26-51-28-30-53-32-34-55-36-38-57-39-37-56-35-33-54-31-29-52-27-25-50-23-16-21-47-46(48)58-40-45-43-19-13-11-17-41(43)42-18-12-14-20-44(42)45/h11-14,17-20,45H,2-10,15-16,21-40H2,1H3,(H,47,48). The van der Waals surface area contributed by atoms with Crippen LogP contribution in [0.15, 0.2) is 48.5 Å². The van der Waals surface area contributed by atoms with Crippen LogP contribution in [0.4, 0.5) is 4.79 Å². The van der Waals surface area contributed by atoms with Gasteiger partial charge in [0.1, 0.15) is 6.61 Å². The highest BCUT2D eigenvalue weighted by atomic mass is 16.6. The molecular formula is C46H75NO11. The lowest BCUT2D eigenvalue weighted by atomic mass is 9.98. The molecule has 2 aromatic carbocycles. The van der Waals surface area contributed by atoms with Crippen LogP contribution in [-0.2, 0) is 47.4 Å². The number of hydrogen-bond acceptors (Lipinski definition) is 11. The van der Waals surface area contributed by atoms with Crippen molar-refractivity contribution < 1.29 is 52.2 Å². The van der Waals surface area contributed by atoms with Gasteiger partial charge in [-0.05, 0) is 35.1 Å². The van der Waals surface area contributed by atoms with Crippen LogP contribution in [-0.4, -0.2) is 138 Å². The lowest BCUT2D eigenvalue weighted by molar-refractivity contribution is -0.0250. The lowest BCUT2D eigenvalue weighted by Crippen LogP contribution is -2.27. The molecule has 3 rings (SSSR count). The number of benzene rings is 2. The fourth-order valence-corrected chi connectivity index (χ4v) is 6.57. The number of hydrogen-bond donors (Lipinski definition) is 1. The Labute approximate surface area is 349 Å². The van der Waals surface area contributed by atoms with Gasteiger partial charge in [0.2, 0.25) is 0 Å². The van der Waals surface area contributed by atoms with Crippen molar-refractivity contribution in [3.8, 4) is 11.1 Å². The Kier molecular flexibility index (Phi) is 31.0. The lowest BCUT2D eigenvalue weighted by Gasteiger charge is -2.14. The molecule has 0 saturated carbocycles. The van der Waals surface area contributed by atoms with E-state index in [1.807, 2.05) is 24.3 Å². The van der Waals surface area contributed by atoms with Crippen LogP contribution in [0.3, 0.4) is 0 Å². The van der Waals surface area contributed by atoms with Gasteiger partial charge >= 0.3 is 6.09 Å². The van der Waals surface area contributed by atoms with Crippen LogP contribution in [0, 0.1) is 0 Å². The van der Waals surface area contributed by atoms with E-state index in [9.17, 15) is 4.79 Å². The summed E-state index contributed by atoms with van der Waals surface area (Å²) < 4.78 is 55.6. The van der Waals surface area contributed by atoms with Crippen LogP contribution in [0.1, 0.15) is 94.6 Å². The zero-order chi connectivity index (χ0) is 40.8. The fourth-order valence-electron chi connectivity index (χ4n) is 6.57. The molecule has 0 spiro atoms.